The molecule has 0 radical (unpaired) electrons. The van der Waals surface area contributed by atoms with Crippen LogP contribution in [-0.4, -0.2) is 7.05 Å². The Kier molecular flexibility index (Phi) is 9.91. The Balaban J connectivity index is 2.34. The summed E-state index contributed by atoms with van der Waals surface area (Å²) in [5.41, 5.74) is 1.34. The van der Waals surface area contributed by atoms with Crippen molar-refractivity contribution in [3.05, 3.63) is 32.4 Å². The smallest absolute Gasteiger partial charge is 0.0410 e. The van der Waals surface area contributed by atoms with Crippen molar-refractivity contribution in [2.75, 3.05) is 7.05 Å². The maximum Gasteiger partial charge on any atom is 0.0410 e. The average Bonchev–Trinajstić information content (AvgIpc) is 2.45. The molecule has 1 nitrogen and oxygen atoms in total. The second-order valence-corrected chi connectivity index (χ2v) is 7.02. The third-order valence-electron chi connectivity index (χ3n) is 3.78. The lowest BCUT2D eigenvalue weighted by atomic mass is 9.99. The molecule has 0 fully saturated rings. The molecule has 0 aliphatic heterocycles. The van der Waals surface area contributed by atoms with Crippen LogP contribution in [0.3, 0.4) is 0 Å². The van der Waals surface area contributed by atoms with Gasteiger partial charge in [0.15, 0.2) is 0 Å². The SMILES string of the molecule is CCCCCCCCCC(NC)c1cc(Cl)ccc1I. The maximum absolute atomic E-state index is 6.12. The van der Waals surface area contributed by atoms with Crippen molar-refractivity contribution in [3.63, 3.8) is 0 Å². The summed E-state index contributed by atoms with van der Waals surface area (Å²) in [4.78, 5) is 0. The molecule has 1 unspecified atom stereocenters. The van der Waals surface area contributed by atoms with E-state index in [1.54, 1.807) is 0 Å². The van der Waals surface area contributed by atoms with Crippen LogP contribution in [-0.2, 0) is 0 Å². The Morgan fingerprint density at radius 1 is 1.10 bits per heavy atom. The highest BCUT2D eigenvalue weighted by Crippen LogP contribution is 2.27. The topological polar surface area (TPSA) is 12.0 Å². The standard InChI is InChI=1S/C17H27ClIN/c1-3-4-5-6-7-8-9-10-17(20-2)15-13-14(18)11-12-16(15)19/h11-13,17,20H,3-10H2,1-2H3. The van der Waals surface area contributed by atoms with Crippen LogP contribution in [0.5, 0.6) is 0 Å². The van der Waals surface area contributed by atoms with Gasteiger partial charge < -0.3 is 5.32 Å². The first-order valence-electron chi connectivity index (χ1n) is 7.81. The predicted octanol–water partition coefficient (Wildman–Crippen LogP) is 6.35. The Bertz CT molecular complexity index is 381. The van der Waals surface area contributed by atoms with Gasteiger partial charge in [0.2, 0.25) is 0 Å². The van der Waals surface area contributed by atoms with E-state index in [9.17, 15) is 0 Å². The Labute approximate surface area is 143 Å². The molecular weight excluding hydrogens is 381 g/mol. The van der Waals surface area contributed by atoms with Crippen LogP contribution in [0, 0.1) is 3.57 Å². The third-order valence-corrected chi connectivity index (χ3v) is 5.00. The van der Waals surface area contributed by atoms with E-state index >= 15 is 0 Å². The number of nitrogens with one attached hydrogen (secondary N) is 1. The van der Waals surface area contributed by atoms with E-state index in [0.717, 1.165) is 5.02 Å². The largest absolute Gasteiger partial charge is 0.313 e. The normalized spacial score (nSPS) is 12.6. The summed E-state index contributed by atoms with van der Waals surface area (Å²) in [7, 11) is 2.04. The van der Waals surface area contributed by atoms with Gasteiger partial charge in [0, 0.05) is 14.6 Å². The number of benzene rings is 1. The fourth-order valence-electron chi connectivity index (χ4n) is 2.54. The molecule has 0 aliphatic rings. The number of unbranched alkanes of at least 4 members (excludes halogenated alkanes) is 6. The minimum absolute atomic E-state index is 0.427. The molecule has 20 heavy (non-hydrogen) atoms. The number of hydrogen-bond donors (Lipinski definition) is 1. The minimum Gasteiger partial charge on any atom is -0.313 e. The van der Waals surface area contributed by atoms with Crippen molar-refractivity contribution >= 4 is 34.2 Å². The van der Waals surface area contributed by atoms with Crippen LogP contribution in [0.25, 0.3) is 0 Å². The molecule has 1 aromatic rings. The minimum atomic E-state index is 0.427. The van der Waals surface area contributed by atoms with E-state index in [4.69, 9.17) is 11.6 Å². The van der Waals surface area contributed by atoms with E-state index in [1.165, 1.54) is 60.5 Å². The molecule has 0 bridgehead atoms. The fraction of sp³-hybridized carbons (Fsp3) is 0.647. The van der Waals surface area contributed by atoms with Crippen LogP contribution in [0.15, 0.2) is 18.2 Å². The Morgan fingerprint density at radius 3 is 2.40 bits per heavy atom. The molecule has 0 spiro atoms. The molecule has 114 valence electrons. The van der Waals surface area contributed by atoms with E-state index in [2.05, 4.69) is 47.0 Å². The monoisotopic (exact) mass is 407 g/mol. The third kappa shape index (κ3) is 6.77. The summed E-state index contributed by atoms with van der Waals surface area (Å²) >= 11 is 8.52. The number of hydrogen-bond acceptors (Lipinski definition) is 1. The van der Waals surface area contributed by atoms with Crippen molar-refractivity contribution < 1.29 is 0 Å². The van der Waals surface area contributed by atoms with Gasteiger partial charge in [-0.3, -0.25) is 0 Å². The lowest BCUT2D eigenvalue weighted by molar-refractivity contribution is 0.494. The van der Waals surface area contributed by atoms with Gasteiger partial charge in [0.25, 0.3) is 0 Å². The Hall–Kier alpha value is 0.200. The summed E-state index contributed by atoms with van der Waals surface area (Å²) in [6, 6.07) is 6.60. The zero-order valence-corrected chi connectivity index (χ0v) is 15.6. The number of rotatable bonds is 10. The maximum atomic E-state index is 6.12. The molecule has 0 heterocycles. The second kappa shape index (κ2) is 10.9. The van der Waals surface area contributed by atoms with E-state index < -0.39 is 0 Å². The summed E-state index contributed by atoms with van der Waals surface area (Å²) in [6.07, 6.45) is 10.7. The van der Waals surface area contributed by atoms with Gasteiger partial charge >= 0.3 is 0 Å². The van der Waals surface area contributed by atoms with Crippen molar-refractivity contribution in [3.8, 4) is 0 Å². The molecule has 1 rings (SSSR count). The van der Waals surface area contributed by atoms with E-state index in [1.807, 2.05) is 13.1 Å². The predicted molar refractivity (Wildman–Crippen MR) is 98.6 cm³/mol. The summed E-state index contributed by atoms with van der Waals surface area (Å²) in [5, 5.41) is 4.27. The van der Waals surface area contributed by atoms with Crippen LogP contribution in [0.1, 0.15) is 69.9 Å². The highest BCUT2D eigenvalue weighted by atomic mass is 127. The van der Waals surface area contributed by atoms with Crippen LogP contribution in [0.4, 0.5) is 0 Å². The lowest BCUT2D eigenvalue weighted by Gasteiger charge is -2.18. The van der Waals surface area contributed by atoms with Crippen molar-refractivity contribution in [2.45, 2.75) is 64.3 Å². The summed E-state index contributed by atoms with van der Waals surface area (Å²) in [5.74, 6) is 0. The summed E-state index contributed by atoms with van der Waals surface area (Å²) in [6.45, 7) is 2.27. The molecule has 0 saturated heterocycles. The molecule has 1 N–H and O–H groups in total. The van der Waals surface area contributed by atoms with Crippen molar-refractivity contribution in [1.29, 1.82) is 0 Å². The van der Waals surface area contributed by atoms with Gasteiger partial charge in [-0.05, 0) is 59.8 Å². The fourth-order valence-corrected chi connectivity index (χ4v) is 3.43. The quantitative estimate of drug-likeness (QED) is 0.352. The van der Waals surface area contributed by atoms with Crippen LogP contribution < -0.4 is 5.32 Å². The molecule has 0 amide bonds. The molecule has 0 saturated carbocycles. The van der Waals surface area contributed by atoms with Gasteiger partial charge in [-0.1, -0.05) is 63.5 Å². The van der Waals surface area contributed by atoms with Gasteiger partial charge in [-0.15, -0.1) is 0 Å². The lowest BCUT2D eigenvalue weighted by Crippen LogP contribution is -2.17. The van der Waals surface area contributed by atoms with Gasteiger partial charge in [-0.2, -0.15) is 0 Å². The van der Waals surface area contributed by atoms with E-state index in [-0.39, 0.29) is 0 Å². The first-order chi connectivity index (χ1) is 9.69. The summed E-state index contributed by atoms with van der Waals surface area (Å²) < 4.78 is 1.30. The molecule has 0 aliphatic carbocycles. The van der Waals surface area contributed by atoms with Crippen LogP contribution in [0.2, 0.25) is 5.02 Å². The molecule has 3 heteroatoms. The first-order valence-corrected chi connectivity index (χ1v) is 9.27. The van der Waals surface area contributed by atoms with Gasteiger partial charge in [0.1, 0.15) is 0 Å². The van der Waals surface area contributed by atoms with Crippen LogP contribution >= 0.6 is 34.2 Å². The zero-order chi connectivity index (χ0) is 14.8. The molecule has 1 atom stereocenters. The Morgan fingerprint density at radius 2 is 1.75 bits per heavy atom. The molecular formula is C17H27ClIN. The van der Waals surface area contributed by atoms with E-state index in [0.29, 0.717) is 6.04 Å². The van der Waals surface area contributed by atoms with Crippen molar-refractivity contribution in [1.82, 2.24) is 5.32 Å². The van der Waals surface area contributed by atoms with Crippen molar-refractivity contribution in [2.24, 2.45) is 0 Å². The highest BCUT2D eigenvalue weighted by Gasteiger charge is 2.12. The molecule has 0 aromatic heterocycles. The van der Waals surface area contributed by atoms with Gasteiger partial charge in [-0.25, -0.2) is 0 Å². The molecule has 1 aromatic carbocycles. The highest BCUT2D eigenvalue weighted by molar-refractivity contribution is 14.1. The first kappa shape index (κ1) is 18.2. The van der Waals surface area contributed by atoms with Gasteiger partial charge in [0.05, 0.1) is 0 Å². The second-order valence-electron chi connectivity index (χ2n) is 5.42. The average molecular weight is 408 g/mol. The number of halogens is 2. The zero-order valence-electron chi connectivity index (χ0n) is 12.7.